The van der Waals surface area contributed by atoms with Crippen molar-refractivity contribution in [2.45, 2.75) is 49.6 Å². The zero-order valence-electron chi connectivity index (χ0n) is 22.3. The summed E-state index contributed by atoms with van der Waals surface area (Å²) in [5.41, 5.74) is -0.120. The van der Waals surface area contributed by atoms with Crippen molar-refractivity contribution in [1.29, 1.82) is 0 Å². The van der Waals surface area contributed by atoms with Crippen LogP contribution >= 0.6 is 12.4 Å². The molecule has 2 aliphatic rings. The number of ether oxygens (including phenoxy) is 1. The Bertz CT molecular complexity index is 1100. The maximum absolute atomic E-state index is 13.4. The molecule has 2 heterocycles. The van der Waals surface area contributed by atoms with Crippen molar-refractivity contribution in [3.8, 4) is 0 Å². The summed E-state index contributed by atoms with van der Waals surface area (Å²) in [6.07, 6.45) is -8.25. The molecule has 2 aromatic carbocycles. The van der Waals surface area contributed by atoms with Gasteiger partial charge in [0.15, 0.2) is 0 Å². The van der Waals surface area contributed by atoms with Gasteiger partial charge in [-0.1, -0.05) is 30.3 Å². The predicted molar refractivity (Wildman–Crippen MR) is 142 cm³/mol. The molecule has 2 N–H and O–H groups in total. The minimum absolute atomic E-state index is 0. The first-order chi connectivity index (χ1) is 18.9. The molecule has 0 bridgehead atoms. The summed E-state index contributed by atoms with van der Waals surface area (Å²) in [5.74, 6) is -0.101. The SMILES string of the molecule is Cl.O=C(CN1CCCC1)NN1CCC(COC(CO)c2cc(C(F)(F)F)cc(C(F)(F)F)c2)(c2ccccc2)CC1. The number of aliphatic hydroxyl groups excluding tert-OH is 1. The molecular formula is C28H34ClF6N3O3. The molecule has 1 atom stereocenters. The Kier molecular flexibility index (Phi) is 11.1. The number of hydrogen-bond donors (Lipinski definition) is 2. The Hall–Kier alpha value is -2.38. The van der Waals surface area contributed by atoms with Crippen LogP contribution in [-0.4, -0.2) is 66.9 Å². The fourth-order valence-corrected chi connectivity index (χ4v) is 5.39. The van der Waals surface area contributed by atoms with Gasteiger partial charge >= 0.3 is 12.4 Å². The van der Waals surface area contributed by atoms with Gasteiger partial charge in [-0.2, -0.15) is 26.3 Å². The lowest BCUT2D eigenvalue weighted by molar-refractivity contribution is -0.143. The third-order valence-electron chi connectivity index (χ3n) is 7.66. The van der Waals surface area contributed by atoms with E-state index in [1.807, 2.05) is 35.3 Å². The lowest BCUT2D eigenvalue weighted by atomic mass is 9.73. The van der Waals surface area contributed by atoms with E-state index >= 15 is 0 Å². The van der Waals surface area contributed by atoms with Gasteiger partial charge in [-0.3, -0.25) is 15.1 Å². The monoisotopic (exact) mass is 609 g/mol. The maximum Gasteiger partial charge on any atom is 0.416 e. The number of alkyl halides is 6. The highest BCUT2D eigenvalue weighted by molar-refractivity contribution is 5.85. The molecule has 0 radical (unpaired) electrons. The Morgan fingerprint density at radius 1 is 0.927 bits per heavy atom. The molecule has 2 saturated heterocycles. The number of carbonyl (C=O) groups is 1. The Balaban J connectivity index is 0.00000462. The molecule has 2 aliphatic heterocycles. The molecule has 228 valence electrons. The molecule has 0 aromatic heterocycles. The number of aliphatic hydroxyl groups is 1. The maximum atomic E-state index is 13.4. The molecule has 0 aliphatic carbocycles. The number of rotatable bonds is 9. The lowest BCUT2D eigenvalue weighted by Gasteiger charge is -2.42. The van der Waals surface area contributed by atoms with Crippen LogP contribution in [0.25, 0.3) is 0 Å². The Morgan fingerprint density at radius 3 is 2.00 bits per heavy atom. The number of nitrogens with zero attached hydrogens (tertiary/aromatic N) is 2. The van der Waals surface area contributed by atoms with E-state index in [4.69, 9.17) is 4.74 Å². The van der Waals surface area contributed by atoms with E-state index in [2.05, 4.69) is 10.3 Å². The van der Waals surface area contributed by atoms with Crippen molar-refractivity contribution in [2.24, 2.45) is 0 Å². The van der Waals surface area contributed by atoms with Crippen LogP contribution in [0.15, 0.2) is 48.5 Å². The van der Waals surface area contributed by atoms with Crippen LogP contribution in [0.5, 0.6) is 0 Å². The number of likely N-dealkylation sites (tertiary alicyclic amines) is 1. The zero-order chi connectivity index (χ0) is 29.0. The van der Waals surface area contributed by atoms with Gasteiger partial charge in [-0.05, 0) is 68.1 Å². The van der Waals surface area contributed by atoms with Gasteiger partial charge in [-0.25, -0.2) is 5.01 Å². The summed E-state index contributed by atoms with van der Waals surface area (Å²) >= 11 is 0. The fraction of sp³-hybridized carbons (Fsp3) is 0.536. The third-order valence-corrected chi connectivity index (χ3v) is 7.66. The van der Waals surface area contributed by atoms with E-state index in [1.165, 1.54) is 0 Å². The van der Waals surface area contributed by atoms with Gasteiger partial charge in [0.05, 0.1) is 30.9 Å². The van der Waals surface area contributed by atoms with E-state index < -0.39 is 47.2 Å². The predicted octanol–water partition coefficient (Wildman–Crippen LogP) is 5.36. The lowest BCUT2D eigenvalue weighted by Crippen LogP contribution is -2.53. The first-order valence-corrected chi connectivity index (χ1v) is 13.2. The number of nitrogens with one attached hydrogen (secondary N) is 1. The van der Waals surface area contributed by atoms with E-state index in [1.54, 1.807) is 0 Å². The normalized spacial score (nSPS) is 19.0. The molecule has 4 rings (SSSR count). The van der Waals surface area contributed by atoms with Crippen LogP contribution in [0, 0.1) is 0 Å². The second-order valence-corrected chi connectivity index (χ2v) is 10.5. The molecule has 2 fully saturated rings. The third kappa shape index (κ3) is 8.57. The summed E-state index contributed by atoms with van der Waals surface area (Å²) < 4.78 is 86.3. The molecule has 0 saturated carbocycles. The van der Waals surface area contributed by atoms with Crippen LogP contribution in [0.3, 0.4) is 0 Å². The number of piperidine rings is 1. The van der Waals surface area contributed by atoms with Gasteiger partial charge in [0.2, 0.25) is 5.91 Å². The van der Waals surface area contributed by atoms with Crippen molar-refractivity contribution < 1.29 is 41.0 Å². The zero-order valence-corrected chi connectivity index (χ0v) is 23.1. The standard InChI is InChI=1S/C28H33F6N3O3.ClH/c29-27(30,31)22-14-20(15-23(16-22)28(32,33)34)24(18-38)40-19-26(21-6-2-1-3-7-21)8-12-37(13-9-26)35-25(39)17-36-10-4-5-11-36;/h1-3,6-7,14-16,24,38H,4-5,8-13,17-19H2,(H,35,39);1H. The van der Waals surface area contributed by atoms with Crippen molar-refractivity contribution in [1.82, 2.24) is 15.3 Å². The summed E-state index contributed by atoms with van der Waals surface area (Å²) in [6.45, 7) is 2.19. The highest BCUT2D eigenvalue weighted by Crippen LogP contribution is 2.40. The quantitative estimate of drug-likeness (QED) is 0.375. The summed E-state index contributed by atoms with van der Waals surface area (Å²) in [6, 6.07) is 10.5. The second kappa shape index (κ2) is 13.7. The van der Waals surface area contributed by atoms with E-state index in [0.717, 1.165) is 31.5 Å². The van der Waals surface area contributed by atoms with Gasteiger partial charge < -0.3 is 9.84 Å². The van der Waals surface area contributed by atoms with Crippen molar-refractivity contribution in [2.75, 3.05) is 45.9 Å². The van der Waals surface area contributed by atoms with Crippen LogP contribution < -0.4 is 5.43 Å². The smallest absolute Gasteiger partial charge is 0.393 e. The van der Waals surface area contributed by atoms with Crippen LogP contribution in [0.4, 0.5) is 26.3 Å². The molecule has 1 unspecified atom stereocenters. The molecule has 41 heavy (non-hydrogen) atoms. The molecule has 2 aromatic rings. The van der Waals surface area contributed by atoms with Crippen LogP contribution in [-0.2, 0) is 27.3 Å². The van der Waals surface area contributed by atoms with E-state index in [9.17, 15) is 36.2 Å². The van der Waals surface area contributed by atoms with Gasteiger partial charge in [0, 0.05) is 18.5 Å². The molecule has 6 nitrogen and oxygen atoms in total. The van der Waals surface area contributed by atoms with Crippen molar-refractivity contribution in [3.63, 3.8) is 0 Å². The first-order valence-electron chi connectivity index (χ1n) is 13.2. The molecule has 0 spiro atoms. The van der Waals surface area contributed by atoms with Crippen molar-refractivity contribution in [3.05, 3.63) is 70.8 Å². The topological polar surface area (TPSA) is 65.0 Å². The first kappa shape index (κ1) is 33.1. The average molecular weight is 610 g/mol. The second-order valence-electron chi connectivity index (χ2n) is 10.5. The number of hydrazine groups is 1. The largest absolute Gasteiger partial charge is 0.416 e. The van der Waals surface area contributed by atoms with E-state index in [0.29, 0.717) is 44.6 Å². The van der Waals surface area contributed by atoms with Gasteiger partial charge in [0.25, 0.3) is 0 Å². The highest BCUT2D eigenvalue weighted by Gasteiger charge is 2.40. The van der Waals surface area contributed by atoms with Crippen molar-refractivity contribution >= 4 is 18.3 Å². The number of halogens is 7. The summed E-state index contributed by atoms with van der Waals surface area (Å²) in [4.78, 5) is 14.6. The Morgan fingerprint density at radius 2 is 1.49 bits per heavy atom. The number of hydrogen-bond acceptors (Lipinski definition) is 5. The number of benzene rings is 2. The summed E-state index contributed by atoms with van der Waals surface area (Å²) in [5, 5.41) is 11.8. The van der Waals surface area contributed by atoms with Crippen LogP contribution in [0.2, 0.25) is 0 Å². The summed E-state index contributed by atoms with van der Waals surface area (Å²) in [7, 11) is 0. The minimum atomic E-state index is -5.01. The van der Waals surface area contributed by atoms with Crippen LogP contribution in [0.1, 0.15) is 54.0 Å². The van der Waals surface area contributed by atoms with Gasteiger partial charge in [0.1, 0.15) is 6.10 Å². The molecule has 13 heteroatoms. The van der Waals surface area contributed by atoms with Gasteiger partial charge in [-0.15, -0.1) is 12.4 Å². The Labute approximate surface area is 241 Å². The average Bonchev–Trinajstić information content (AvgIpc) is 3.42. The highest BCUT2D eigenvalue weighted by atomic mass is 35.5. The minimum Gasteiger partial charge on any atom is -0.393 e. The molecule has 1 amide bonds. The fourth-order valence-electron chi connectivity index (χ4n) is 5.39. The van der Waals surface area contributed by atoms with E-state index in [-0.39, 0.29) is 31.0 Å². The number of carbonyl (C=O) groups excluding carboxylic acids is 1. The molecular weight excluding hydrogens is 576 g/mol. The number of amides is 1.